The SMILES string of the molecule is CCc1ccc(C(=O)CSc2nc3sc4c(c3c(=O)n2-c2ccc(OC)cc2)CCCC4)cc1. The molecule has 5 rings (SSSR count). The van der Waals surface area contributed by atoms with E-state index in [2.05, 4.69) is 6.92 Å². The van der Waals surface area contributed by atoms with Crippen molar-refractivity contribution in [2.45, 2.75) is 44.2 Å². The van der Waals surface area contributed by atoms with Crippen molar-refractivity contribution in [2.24, 2.45) is 0 Å². The Balaban J connectivity index is 1.56. The summed E-state index contributed by atoms with van der Waals surface area (Å²) in [4.78, 5) is 33.7. The standard InChI is InChI=1S/C27H26N2O3S2/c1-3-17-8-10-18(11-9-17)22(30)16-33-27-28-25-24(21-6-4-5-7-23(21)34-25)26(31)29(27)19-12-14-20(32-2)15-13-19/h8-15H,3-7,16H2,1-2H3. The second-order valence-corrected chi connectivity index (χ2v) is 10.4. The Labute approximate surface area is 206 Å². The molecule has 4 aromatic rings. The van der Waals surface area contributed by atoms with E-state index in [0.29, 0.717) is 10.7 Å². The normalized spacial score (nSPS) is 13.1. The van der Waals surface area contributed by atoms with Crippen molar-refractivity contribution in [3.63, 3.8) is 0 Å². The van der Waals surface area contributed by atoms with Crippen molar-refractivity contribution >= 4 is 39.1 Å². The van der Waals surface area contributed by atoms with Crippen LogP contribution in [0.15, 0.2) is 58.5 Å². The van der Waals surface area contributed by atoms with Crippen molar-refractivity contribution < 1.29 is 9.53 Å². The maximum atomic E-state index is 13.8. The van der Waals surface area contributed by atoms with Crippen LogP contribution < -0.4 is 10.3 Å². The molecule has 1 aliphatic carbocycles. The minimum atomic E-state index is -0.0585. The first kappa shape index (κ1) is 22.9. The Morgan fingerprint density at radius 2 is 1.82 bits per heavy atom. The van der Waals surface area contributed by atoms with Gasteiger partial charge in [-0.1, -0.05) is 43.0 Å². The Bertz CT molecular complexity index is 1400. The van der Waals surface area contributed by atoms with Crippen molar-refractivity contribution in [2.75, 3.05) is 12.9 Å². The topological polar surface area (TPSA) is 61.2 Å². The van der Waals surface area contributed by atoms with Crippen molar-refractivity contribution in [3.05, 3.63) is 80.5 Å². The number of nitrogens with zero attached hydrogens (tertiary/aromatic N) is 2. The van der Waals surface area contributed by atoms with Gasteiger partial charge < -0.3 is 4.74 Å². The number of ether oxygens (including phenoxy) is 1. The molecule has 0 aliphatic heterocycles. The van der Waals surface area contributed by atoms with Gasteiger partial charge in [-0.3, -0.25) is 14.2 Å². The Kier molecular flexibility index (Phi) is 6.57. The van der Waals surface area contributed by atoms with Gasteiger partial charge in [-0.05, 0) is 67.5 Å². The van der Waals surface area contributed by atoms with Crippen LogP contribution in [0.25, 0.3) is 15.9 Å². The van der Waals surface area contributed by atoms with Crippen LogP contribution in [0, 0.1) is 0 Å². The lowest BCUT2D eigenvalue weighted by Gasteiger charge is -2.14. The number of aromatic nitrogens is 2. The molecule has 0 unspecified atom stereocenters. The lowest BCUT2D eigenvalue weighted by atomic mass is 9.97. The van der Waals surface area contributed by atoms with Gasteiger partial charge in [0.1, 0.15) is 10.6 Å². The summed E-state index contributed by atoms with van der Waals surface area (Å²) in [7, 11) is 1.62. The molecule has 174 valence electrons. The number of rotatable bonds is 7. The maximum absolute atomic E-state index is 13.8. The van der Waals surface area contributed by atoms with E-state index in [4.69, 9.17) is 9.72 Å². The van der Waals surface area contributed by atoms with Gasteiger partial charge in [-0.25, -0.2) is 4.98 Å². The van der Waals surface area contributed by atoms with E-state index < -0.39 is 0 Å². The van der Waals surface area contributed by atoms with Crippen LogP contribution in [0.2, 0.25) is 0 Å². The van der Waals surface area contributed by atoms with Gasteiger partial charge in [0, 0.05) is 10.4 Å². The van der Waals surface area contributed by atoms with Crippen molar-refractivity contribution in [1.82, 2.24) is 9.55 Å². The van der Waals surface area contributed by atoms with E-state index >= 15 is 0 Å². The molecule has 34 heavy (non-hydrogen) atoms. The third kappa shape index (κ3) is 4.30. The number of hydrogen-bond acceptors (Lipinski definition) is 6. The highest BCUT2D eigenvalue weighted by atomic mass is 32.2. The Morgan fingerprint density at radius 1 is 1.09 bits per heavy atom. The van der Waals surface area contributed by atoms with E-state index in [-0.39, 0.29) is 17.1 Å². The molecule has 0 radical (unpaired) electrons. The van der Waals surface area contributed by atoms with Gasteiger partial charge in [0.25, 0.3) is 5.56 Å². The molecule has 0 spiro atoms. The predicted octanol–water partition coefficient (Wildman–Crippen LogP) is 5.87. The smallest absolute Gasteiger partial charge is 0.267 e. The molecule has 0 amide bonds. The van der Waals surface area contributed by atoms with Crippen molar-refractivity contribution in [3.8, 4) is 11.4 Å². The molecule has 0 fully saturated rings. The summed E-state index contributed by atoms with van der Waals surface area (Å²) in [5.41, 5.74) is 3.70. The average molecular weight is 491 g/mol. The van der Waals surface area contributed by atoms with Crippen LogP contribution in [0.5, 0.6) is 5.75 Å². The summed E-state index contributed by atoms with van der Waals surface area (Å²) in [6.07, 6.45) is 5.12. The fourth-order valence-corrected chi connectivity index (χ4v) is 6.59. The zero-order valence-corrected chi connectivity index (χ0v) is 20.9. The Morgan fingerprint density at radius 3 is 2.53 bits per heavy atom. The minimum Gasteiger partial charge on any atom is -0.497 e. The van der Waals surface area contributed by atoms with Crippen LogP contribution in [-0.2, 0) is 19.3 Å². The molecule has 2 aromatic carbocycles. The quantitative estimate of drug-likeness (QED) is 0.184. The van der Waals surface area contributed by atoms with Gasteiger partial charge in [-0.2, -0.15) is 0 Å². The Hall–Kier alpha value is -2.90. The lowest BCUT2D eigenvalue weighted by molar-refractivity contribution is 0.102. The molecule has 0 saturated heterocycles. The van der Waals surface area contributed by atoms with Crippen molar-refractivity contribution in [1.29, 1.82) is 0 Å². The highest BCUT2D eigenvalue weighted by Gasteiger charge is 2.23. The number of carbonyl (C=O) groups is 1. The maximum Gasteiger partial charge on any atom is 0.267 e. The van der Waals surface area contributed by atoms with Gasteiger partial charge in [-0.15, -0.1) is 11.3 Å². The number of thioether (sulfide) groups is 1. The number of aryl methyl sites for hydroxylation is 3. The second kappa shape index (κ2) is 9.76. The van der Waals surface area contributed by atoms with Crippen LogP contribution >= 0.6 is 23.1 Å². The number of fused-ring (bicyclic) bond motifs is 3. The number of hydrogen-bond donors (Lipinski definition) is 0. The van der Waals surface area contributed by atoms with Crippen LogP contribution in [0.3, 0.4) is 0 Å². The van der Waals surface area contributed by atoms with E-state index in [1.165, 1.54) is 22.2 Å². The minimum absolute atomic E-state index is 0.0220. The molecule has 0 bridgehead atoms. The van der Waals surface area contributed by atoms with E-state index in [9.17, 15) is 9.59 Å². The molecule has 1 aliphatic rings. The highest BCUT2D eigenvalue weighted by Crippen LogP contribution is 2.35. The van der Waals surface area contributed by atoms with Gasteiger partial charge in [0.15, 0.2) is 10.9 Å². The summed E-state index contributed by atoms with van der Waals surface area (Å²) in [6.45, 7) is 2.09. The first-order valence-electron chi connectivity index (χ1n) is 11.6. The van der Waals surface area contributed by atoms with Gasteiger partial charge in [0.2, 0.25) is 0 Å². The monoisotopic (exact) mass is 490 g/mol. The third-order valence-electron chi connectivity index (χ3n) is 6.31. The number of thiophene rings is 1. The average Bonchev–Trinajstić information content (AvgIpc) is 3.26. The lowest BCUT2D eigenvalue weighted by Crippen LogP contribution is -2.22. The molecule has 7 heteroatoms. The third-order valence-corrected chi connectivity index (χ3v) is 8.43. The zero-order valence-electron chi connectivity index (χ0n) is 19.3. The highest BCUT2D eigenvalue weighted by molar-refractivity contribution is 7.99. The van der Waals surface area contributed by atoms with E-state index in [1.54, 1.807) is 23.0 Å². The van der Waals surface area contributed by atoms with Crippen LogP contribution in [-0.4, -0.2) is 28.2 Å². The van der Waals surface area contributed by atoms with Gasteiger partial charge in [0.05, 0.1) is 23.9 Å². The second-order valence-electron chi connectivity index (χ2n) is 8.39. The largest absolute Gasteiger partial charge is 0.497 e. The number of Topliss-reactive ketones (excluding diaryl/α,β-unsaturated/α-hetero) is 1. The molecule has 0 N–H and O–H groups in total. The first-order chi connectivity index (χ1) is 16.6. The van der Waals surface area contributed by atoms with Gasteiger partial charge >= 0.3 is 0 Å². The van der Waals surface area contributed by atoms with Crippen LogP contribution in [0.1, 0.15) is 46.1 Å². The molecule has 0 saturated carbocycles. The molecule has 2 aromatic heterocycles. The molecular formula is C27H26N2O3S2. The first-order valence-corrected chi connectivity index (χ1v) is 13.4. The number of ketones is 1. The fourth-order valence-electron chi connectivity index (χ4n) is 4.38. The number of methoxy groups -OCH3 is 1. The number of carbonyl (C=O) groups excluding carboxylic acids is 1. The summed E-state index contributed by atoms with van der Waals surface area (Å²) in [5, 5.41) is 1.28. The van der Waals surface area contributed by atoms with Crippen LogP contribution in [0.4, 0.5) is 0 Å². The summed E-state index contributed by atoms with van der Waals surface area (Å²) < 4.78 is 6.95. The van der Waals surface area contributed by atoms with E-state index in [1.807, 2.05) is 48.5 Å². The molecule has 0 atom stereocenters. The zero-order chi connectivity index (χ0) is 23.7. The molecule has 5 nitrogen and oxygen atoms in total. The summed E-state index contributed by atoms with van der Waals surface area (Å²) >= 11 is 2.95. The predicted molar refractivity (Wildman–Crippen MR) is 139 cm³/mol. The van der Waals surface area contributed by atoms with E-state index in [0.717, 1.165) is 59.3 Å². The summed E-state index contributed by atoms with van der Waals surface area (Å²) in [5.74, 6) is 0.956. The molecular weight excluding hydrogens is 464 g/mol. The fraction of sp³-hybridized carbons (Fsp3) is 0.296. The number of benzene rings is 2. The molecule has 2 heterocycles. The summed E-state index contributed by atoms with van der Waals surface area (Å²) in [6, 6.07) is 15.1.